The van der Waals surface area contributed by atoms with E-state index in [1.807, 2.05) is 6.08 Å². The first-order valence-corrected chi connectivity index (χ1v) is 6.06. The molecule has 1 aliphatic heterocycles. The van der Waals surface area contributed by atoms with Gasteiger partial charge in [0.05, 0.1) is 0 Å². The highest BCUT2D eigenvalue weighted by Crippen LogP contribution is 2.32. The third kappa shape index (κ3) is 1.40. The van der Waals surface area contributed by atoms with E-state index in [4.69, 9.17) is 0 Å². The van der Waals surface area contributed by atoms with Crippen molar-refractivity contribution in [1.29, 1.82) is 0 Å². The maximum atomic E-state index is 12.4. The van der Waals surface area contributed by atoms with Crippen LogP contribution in [0.25, 0.3) is 0 Å². The second-order valence-electron chi connectivity index (χ2n) is 4.82. The van der Waals surface area contributed by atoms with Gasteiger partial charge in [0.2, 0.25) is 23.7 Å². The highest BCUT2D eigenvalue weighted by molar-refractivity contribution is 5.93. The molecular formula is C13H14N2O3. The number of hydrogen-bond donors (Lipinski definition) is 1. The molecule has 1 aromatic rings. The maximum absolute atomic E-state index is 12.4. The number of aromatic nitrogens is 1. The lowest BCUT2D eigenvalue weighted by Crippen LogP contribution is -2.26. The Morgan fingerprint density at radius 2 is 2.33 bits per heavy atom. The van der Waals surface area contributed by atoms with Crippen molar-refractivity contribution in [2.24, 2.45) is 5.92 Å². The van der Waals surface area contributed by atoms with Crippen LogP contribution in [-0.4, -0.2) is 26.5 Å². The molecule has 18 heavy (non-hydrogen) atoms. The molecule has 2 aliphatic rings. The van der Waals surface area contributed by atoms with Crippen LogP contribution in [0.3, 0.4) is 0 Å². The topological polar surface area (TPSA) is 68.3 Å². The van der Waals surface area contributed by atoms with E-state index in [1.54, 1.807) is 13.0 Å². The molecule has 0 bridgehead atoms. The van der Waals surface area contributed by atoms with E-state index in [9.17, 15) is 15.1 Å². The van der Waals surface area contributed by atoms with Crippen LogP contribution >= 0.6 is 0 Å². The molecule has 1 N–H and O–H groups in total. The van der Waals surface area contributed by atoms with Gasteiger partial charge >= 0.3 is 0 Å². The van der Waals surface area contributed by atoms with Crippen LogP contribution in [0.5, 0.6) is 5.88 Å². The zero-order chi connectivity index (χ0) is 12.9. The average Bonchev–Trinajstić information content (AvgIpc) is 2.58. The van der Waals surface area contributed by atoms with Gasteiger partial charge in [0.15, 0.2) is 0 Å². The number of nitrogens with zero attached hydrogens (tertiary/aromatic N) is 2. The van der Waals surface area contributed by atoms with E-state index in [1.165, 1.54) is 10.8 Å². The molecule has 0 spiro atoms. The number of rotatable bonds is 0. The van der Waals surface area contributed by atoms with E-state index in [0.29, 0.717) is 23.4 Å². The summed E-state index contributed by atoms with van der Waals surface area (Å²) < 4.78 is 2.01. The summed E-state index contributed by atoms with van der Waals surface area (Å²) in [5.74, 6) is -0.714. The minimum atomic E-state index is -0.438. The number of carbonyl (C=O) groups excluding carboxylic acids is 1. The molecule has 0 radical (unpaired) electrons. The van der Waals surface area contributed by atoms with Crippen LogP contribution in [0, 0.1) is 18.0 Å². The predicted octanol–water partition coefficient (Wildman–Crippen LogP) is 1.77. The molecule has 0 fully saturated rings. The first-order chi connectivity index (χ1) is 8.59. The fraction of sp³-hybridized carbons (Fsp3) is 0.385. The molecule has 1 aromatic heterocycles. The molecule has 1 aliphatic carbocycles. The van der Waals surface area contributed by atoms with E-state index >= 15 is 0 Å². The van der Waals surface area contributed by atoms with Crippen LogP contribution in [-0.2, 0) is 0 Å². The van der Waals surface area contributed by atoms with Crippen molar-refractivity contribution in [1.82, 2.24) is 4.57 Å². The lowest BCUT2D eigenvalue weighted by atomic mass is 9.91. The first-order valence-electron chi connectivity index (χ1n) is 6.06. The van der Waals surface area contributed by atoms with Gasteiger partial charge in [-0.3, -0.25) is 4.79 Å². The van der Waals surface area contributed by atoms with Gasteiger partial charge in [-0.1, -0.05) is 0 Å². The summed E-state index contributed by atoms with van der Waals surface area (Å²) >= 11 is 0. The SMILES string of the molecule is Cc1cc2n(c1O)C(=O)C1CCCC=C1[N+]([O-])=C2. The van der Waals surface area contributed by atoms with Gasteiger partial charge in [0, 0.05) is 5.56 Å². The van der Waals surface area contributed by atoms with Crippen LogP contribution < -0.4 is 0 Å². The molecule has 0 aromatic carbocycles. The molecule has 1 unspecified atom stereocenters. The van der Waals surface area contributed by atoms with Gasteiger partial charge in [-0.25, -0.2) is 4.57 Å². The molecule has 0 saturated carbocycles. The third-order valence-corrected chi connectivity index (χ3v) is 3.62. The number of fused-ring (bicyclic) bond motifs is 2. The van der Waals surface area contributed by atoms with Gasteiger partial charge in [-0.05, 0) is 38.3 Å². The zero-order valence-corrected chi connectivity index (χ0v) is 10.1. The predicted molar refractivity (Wildman–Crippen MR) is 65.7 cm³/mol. The Labute approximate surface area is 104 Å². The number of aryl methyl sites for hydroxylation is 1. The normalized spacial score (nSPS) is 22.7. The van der Waals surface area contributed by atoms with Crippen molar-refractivity contribution >= 4 is 12.1 Å². The quantitative estimate of drug-likeness (QED) is 0.560. The standard InChI is InChI=1S/C13H14N2O3/c1-8-6-9-7-14(18)11-5-3-2-4-10(11)13(17)15(9)12(8)16/h5-7,10,16H,2-4H2,1H3. The Kier molecular flexibility index (Phi) is 2.29. The number of carbonyl (C=O) groups is 1. The van der Waals surface area contributed by atoms with Crippen molar-refractivity contribution in [3.63, 3.8) is 0 Å². The lowest BCUT2D eigenvalue weighted by molar-refractivity contribution is -0.403. The Morgan fingerprint density at radius 1 is 1.56 bits per heavy atom. The van der Waals surface area contributed by atoms with Crippen LogP contribution in [0.1, 0.15) is 35.3 Å². The Morgan fingerprint density at radius 3 is 3.11 bits per heavy atom. The fourth-order valence-corrected chi connectivity index (χ4v) is 2.68. The summed E-state index contributed by atoms with van der Waals surface area (Å²) in [4.78, 5) is 12.4. The summed E-state index contributed by atoms with van der Waals surface area (Å²) in [7, 11) is 0. The molecule has 3 rings (SSSR count). The number of hydroxylamine groups is 1. The van der Waals surface area contributed by atoms with Crippen LogP contribution in [0.4, 0.5) is 0 Å². The smallest absolute Gasteiger partial charge is 0.247 e. The van der Waals surface area contributed by atoms with E-state index in [0.717, 1.165) is 17.6 Å². The van der Waals surface area contributed by atoms with Crippen molar-refractivity contribution in [3.8, 4) is 5.88 Å². The molecule has 94 valence electrons. The molecule has 0 saturated heterocycles. The first kappa shape index (κ1) is 11.1. The van der Waals surface area contributed by atoms with E-state index in [2.05, 4.69) is 0 Å². The second kappa shape index (κ2) is 3.73. The van der Waals surface area contributed by atoms with E-state index < -0.39 is 5.92 Å². The summed E-state index contributed by atoms with van der Waals surface area (Å²) in [6.45, 7) is 1.71. The fourth-order valence-electron chi connectivity index (χ4n) is 2.68. The van der Waals surface area contributed by atoms with Crippen molar-refractivity contribution in [3.05, 3.63) is 34.3 Å². The summed E-state index contributed by atoms with van der Waals surface area (Å²) in [6, 6.07) is 1.65. The Balaban J connectivity index is 2.24. The van der Waals surface area contributed by atoms with Crippen LogP contribution in [0.15, 0.2) is 17.8 Å². The molecule has 5 heteroatoms. The average molecular weight is 246 g/mol. The number of hydrogen-bond acceptors (Lipinski definition) is 3. The Hall–Kier alpha value is -2.04. The van der Waals surface area contributed by atoms with Gasteiger partial charge in [0.25, 0.3) is 0 Å². The molecule has 2 heterocycles. The summed E-state index contributed by atoms with van der Waals surface area (Å²) in [5.41, 5.74) is 1.55. The Bertz CT molecular complexity index is 596. The minimum Gasteiger partial charge on any atom is -0.618 e. The van der Waals surface area contributed by atoms with Gasteiger partial charge in [0.1, 0.15) is 11.6 Å². The van der Waals surface area contributed by atoms with Crippen molar-refractivity contribution < 1.29 is 14.6 Å². The lowest BCUT2D eigenvalue weighted by Gasteiger charge is -2.19. The zero-order valence-electron chi connectivity index (χ0n) is 10.1. The van der Waals surface area contributed by atoms with Crippen molar-refractivity contribution in [2.75, 3.05) is 0 Å². The molecule has 1 atom stereocenters. The minimum absolute atomic E-state index is 0.0635. The summed E-state index contributed by atoms with van der Waals surface area (Å²) in [5, 5.41) is 22.0. The summed E-state index contributed by atoms with van der Waals surface area (Å²) in [6.07, 6.45) is 5.57. The third-order valence-electron chi connectivity index (χ3n) is 3.62. The highest BCUT2D eigenvalue weighted by atomic mass is 16.5. The van der Waals surface area contributed by atoms with Crippen LogP contribution in [0.2, 0.25) is 0 Å². The molecule has 5 nitrogen and oxygen atoms in total. The molecular weight excluding hydrogens is 232 g/mol. The second-order valence-corrected chi connectivity index (χ2v) is 4.82. The highest BCUT2D eigenvalue weighted by Gasteiger charge is 2.37. The van der Waals surface area contributed by atoms with Crippen molar-refractivity contribution in [2.45, 2.75) is 26.2 Å². The van der Waals surface area contributed by atoms with Gasteiger partial charge in [-0.2, -0.15) is 4.74 Å². The largest absolute Gasteiger partial charge is 0.618 e. The van der Waals surface area contributed by atoms with E-state index in [-0.39, 0.29) is 11.8 Å². The van der Waals surface area contributed by atoms with Gasteiger partial charge < -0.3 is 10.3 Å². The molecule has 0 amide bonds. The number of aromatic hydroxyl groups is 1. The maximum Gasteiger partial charge on any atom is 0.247 e. The van der Waals surface area contributed by atoms with Gasteiger partial charge in [-0.15, -0.1) is 0 Å². The number of allylic oxidation sites excluding steroid dienone is 2. The monoisotopic (exact) mass is 246 g/mol.